The molecule has 4 heterocycles. The second kappa shape index (κ2) is 12.1. The van der Waals surface area contributed by atoms with Gasteiger partial charge in [0.1, 0.15) is 22.8 Å². The van der Waals surface area contributed by atoms with Crippen molar-refractivity contribution in [1.29, 1.82) is 0 Å². The Kier molecular flexibility index (Phi) is 8.63. The van der Waals surface area contributed by atoms with Gasteiger partial charge >= 0.3 is 17.1 Å². The maximum absolute atomic E-state index is 13.3. The van der Waals surface area contributed by atoms with Crippen molar-refractivity contribution >= 4 is 75.3 Å². The van der Waals surface area contributed by atoms with Gasteiger partial charge in [-0.15, -0.1) is 16.4 Å². The molecule has 16 nitrogen and oxygen atoms in total. The van der Waals surface area contributed by atoms with E-state index in [9.17, 15) is 29.4 Å². The molecular weight excluding hydrogens is 635 g/mol. The number of aliphatic carboxylic acids is 2. The van der Waals surface area contributed by atoms with Gasteiger partial charge < -0.3 is 31.8 Å². The third kappa shape index (κ3) is 5.85. The summed E-state index contributed by atoms with van der Waals surface area (Å²) in [6.07, 6.45) is 4.84. The molecule has 1 aliphatic carbocycles. The molecule has 2 unspecified atom stereocenters. The van der Waals surface area contributed by atoms with Crippen molar-refractivity contribution in [3.63, 3.8) is 0 Å². The van der Waals surface area contributed by atoms with Crippen molar-refractivity contribution in [1.82, 2.24) is 20.2 Å². The van der Waals surface area contributed by atoms with E-state index in [0.29, 0.717) is 16.5 Å². The molecule has 0 aromatic carbocycles. The number of carboxylic acid groups (broad SMARTS) is 2. The van der Waals surface area contributed by atoms with Gasteiger partial charge in [-0.3, -0.25) is 20.3 Å². The van der Waals surface area contributed by atoms with Gasteiger partial charge in [0.25, 0.3) is 11.8 Å². The number of fused-ring (bicyclic) bond motifs is 2. The van der Waals surface area contributed by atoms with Crippen LogP contribution in [0.15, 0.2) is 27.8 Å². The topological polar surface area (TPSA) is 253 Å². The Morgan fingerprint density at radius 1 is 1.27 bits per heavy atom. The number of nitrogens with one attached hydrogen (secondary N) is 1. The lowest BCUT2D eigenvalue weighted by molar-refractivity contribution is -0.690. The summed E-state index contributed by atoms with van der Waals surface area (Å²) in [4.78, 5) is 65.2. The molecule has 234 valence electrons. The maximum atomic E-state index is 13.3. The van der Waals surface area contributed by atoms with Gasteiger partial charge in [-0.05, 0) is 55.4 Å². The molecular formula is C25H30N9O7S3+. The molecule has 0 bridgehead atoms. The summed E-state index contributed by atoms with van der Waals surface area (Å²) in [5.41, 5.74) is 12.0. The number of oxime groups is 1. The van der Waals surface area contributed by atoms with Gasteiger partial charge in [0.2, 0.25) is 11.4 Å². The first-order chi connectivity index (χ1) is 20.8. The third-order valence-electron chi connectivity index (χ3n) is 7.23. The minimum atomic E-state index is -1.76. The van der Waals surface area contributed by atoms with Crippen LogP contribution in [0.4, 0.5) is 10.9 Å². The van der Waals surface area contributed by atoms with Crippen molar-refractivity contribution in [2.45, 2.75) is 61.7 Å². The van der Waals surface area contributed by atoms with Crippen LogP contribution < -0.4 is 27.3 Å². The number of aromatic nitrogens is 3. The molecule has 0 spiro atoms. The van der Waals surface area contributed by atoms with E-state index in [1.807, 2.05) is 0 Å². The number of nitrogen functional groups attached to an aromatic ring is 3. The number of carbonyl (C=O) groups excluding carboxylic acids is 2. The van der Waals surface area contributed by atoms with Crippen LogP contribution in [0, 0.1) is 0 Å². The number of β-lactam (4-membered cyclic amide) rings is 1. The smallest absolute Gasteiger partial charge is 0.385 e. The number of hydrogen-bond acceptors (Lipinski definition) is 14. The predicted octanol–water partition coefficient (Wildman–Crippen LogP) is -0.303. The van der Waals surface area contributed by atoms with E-state index in [2.05, 4.69) is 20.4 Å². The first-order valence-electron chi connectivity index (χ1n) is 13.3. The molecule has 1 saturated heterocycles. The Labute approximate surface area is 263 Å². The van der Waals surface area contributed by atoms with Gasteiger partial charge in [-0.1, -0.05) is 16.5 Å². The lowest BCUT2D eigenvalue weighted by Crippen LogP contribution is -2.71. The lowest BCUT2D eigenvalue weighted by atomic mass is 9.96. The van der Waals surface area contributed by atoms with Crippen LogP contribution in [0.2, 0.25) is 0 Å². The number of carbonyl (C=O) groups is 4. The fourth-order valence-electron chi connectivity index (χ4n) is 4.82. The third-order valence-corrected chi connectivity index (χ3v) is 10.4. The zero-order valence-electron chi connectivity index (χ0n) is 23.6. The van der Waals surface area contributed by atoms with Crippen LogP contribution in [0.25, 0.3) is 0 Å². The number of nitrogens with zero attached hydrogens (tertiary/aromatic N) is 5. The van der Waals surface area contributed by atoms with Crippen LogP contribution in [0.1, 0.15) is 42.8 Å². The first kappa shape index (κ1) is 31.3. The van der Waals surface area contributed by atoms with E-state index in [1.165, 1.54) is 48.2 Å². The number of rotatable bonds is 10. The standard InChI is InChI=1S/C25H29N9O7S3/c1-25(2,22(39)40)41-32-14(13-7-29-23(27)44-13)18(35)30-15-19(36)33-16(21(37)38)10(8-42-20(15)33)9-43-24-31-17(26)11-5-3-4-6-12(11)34(24)28/h7,15,20,26H,3-6,8-9,28H2,1-2H3,(H5,27,29,30,32,35,37,38,39,40)/p+1. The summed E-state index contributed by atoms with van der Waals surface area (Å²) in [5.74, 6) is 3.13. The summed E-state index contributed by atoms with van der Waals surface area (Å²) in [5, 5.41) is 25.6. The van der Waals surface area contributed by atoms with E-state index in [1.54, 1.807) is 0 Å². The van der Waals surface area contributed by atoms with Crippen LogP contribution in [0.5, 0.6) is 0 Å². The Hall–Kier alpha value is -4.10. The number of carboxylic acids is 2. The first-order valence-corrected chi connectivity index (χ1v) is 16.2. The van der Waals surface area contributed by atoms with Crippen molar-refractivity contribution in [2.24, 2.45) is 5.16 Å². The van der Waals surface area contributed by atoms with E-state index < -0.39 is 40.8 Å². The van der Waals surface area contributed by atoms with Crippen LogP contribution in [-0.4, -0.2) is 83.1 Å². The van der Waals surface area contributed by atoms with Crippen molar-refractivity contribution in [2.75, 3.05) is 28.8 Å². The number of nitrogens with two attached hydrogens (primary N) is 3. The number of anilines is 2. The van der Waals surface area contributed by atoms with Crippen LogP contribution in [-0.2, 0) is 36.9 Å². The quantitative estimate of drug-likeness (QED) is 0.0363. The van der Waals surface area contributed by atoms with Crippen molar-refractivity contribution < 1.29 is 38.9 Å². The molecule has 5 rings (SSSR count). The molecule has 3 aliphatic rings. The molecule has 44 heavy (non-hydrogen) atoms. The molecule has 0 radical (unpaired) electrons. The Morgan fingerprint density at radius 2 is 2.00 bits per heavy atom. The van der Waals surface area contributed by atoms with E-state index >= 15 is 0 Å². The highest BCUT2D eigenvalue weighted by molar-refractivity contribution is 8.01. The molecule has 1 fully saturated rings. The highest BCUT2D eigenvalue weighted by Crippen LogP contribution is 2.41. The normalized spacial score (nSPS) is 20.0. The van der Waals surface area contributed by atoms with Crippen molar-refractivity contribution in [3.05, 3.63) is 33.6 Å². The summed E-state index contributed by atoms with van der Waals surface area (Å²) in [6.45, 7) is 2.50. The lowest BCUT2D eigenvalue weighted by Gasteiger charge is -2.49. The maximum Gasteiger partial charge on any atom is 0.385 e. The summed E-state index contributed by atoms with van der Waals surface area (Å²) in [6, 6.07) is -1.08. The second-order valence-electron chi connectivity index (χ2n) is 10.6. The number of thiazole rings is 1. The second-order valence-corrected chi connectivity index (χ2v) is 13.7. The SMILES string of the molecule is CC(C)(O/N=C(\C(=O)NC1C(=O)N2C(C(=O)O)=C(CSc3nc(N)c4c([n+]3N)CCCC4)CSC12)c1cnc(N)s1)C(=O)O. The molecule has 9 N–H and O–H groups in total. The predicted molar refractivity (Wildman–Crippen MR) is 162 cm³/mol. The van der Waals surface area contributed by atoms with E-state index in [-0.39, 0.29) is 32.9 Å². The fourth-order valence-corrected chi connectivity index (χ4v) is 7.91. The zero-order valence-corrected chi connectivity index (χ0v) is 26.1. The molecule has 2 aliphatic heterocycles. The Bertz CT molecular complexity index is 1620. The van der Waals surface area contributed by atoms with Gasteiger partial charge in [0.05, 0.1) is 10.4 Å². The molecule has 0 saturated carbocycles. The van der Waals surface area contributed by atoms with Gasteiger partial charge in [0, 0.05) is 24.1 Å². The molecule has 2 aromatic rings. The highest BCUT2D eigenvalue weighted by Gasteiger charge is 2.54. The van der Waals surface area contributed by atoms with Gasteiger partial charge in [0.15, 0.2) is 10.8 Å². The van der Waals surface area contributed by atoms with E-state index in [0.717, 1.165) is 53.2 Å². The average molecular weight is 665 g/mol. The van der Waals surface area contributed by atoms with Gasteiger partial charge in [-0.2, -0.15) is 0 Å². The number of amides is 2. The number of hydrogen-bond donors (Lipinski definition) is 6. The zero-order chi connectivity index (χ0) is 31.9. The van der Waals surface area contributed by atoms with Crippen LogP contribution >= 0.6 is 34.9 Å². The summed E-state index contributed by atoms with van der Waals surface area (Å²) in [7, 11) is 0. The van der Waals surface area contributed by atoms with Crippen molar-refractivity contribution in [3.8, 4) is 0 Å². The number of thioether (sulfide) groups is 2. The molecule has 2 aromatic heterocycles. The van der Waals surface area contributed by atoms with Crippen LogP contribution in [0.3, 0.4) is 0 Å². The van der Waals surface area contributed by atoms with Gasteiger partial charge in [-0.25, -0.2) is 14.6 Å². The Balaban J connectivity index is 1.33. The molecule has 2 atom stereocenters. The monoisotopic (exact) mass is 664 g/mol. The van der Waals surface area contributed by atoms with E-state index in [4.69, 9.17) is 22.1 Å². The largest absolute Gasteiger partial charge is 0.478 e. The summed E-state index contributed by atoms with van der Waals surface area (Å²) < 4.78 is 1.51. The minimum absolute atomic E-state index is 0.127. The molecule has 19 heteroatoms. The summed E-state index contributed by atoms with van der Waals surface area (Å²) >= 11 is 3.43. The molecule has 2 amide bonds. The highest BCUT2D eigenvalue weighted by atomic mass is 32.2. The fraction of sp³-hybridized carbons (Fsp3) is 0.440. The Morgan fingerprint density at radius 3 is 2.66 bits per heavy atom. The average Bonchev–Trinajstić information content (AvgIpc) is 3.41. The minimum Gasteiger partial charge on any atom is -0.478 e.